The Labute approximate surface area is 157 Å². The number of likely N-dealkylation sites (tertiary alicyclic amines) is 1. The Hall–Kier alpha value is -2.38. The van der Waals surface area contributed by atoms with Crippen molar-refractivity contribution in [3.05, 3.63) is 58.9 Å². The number of aliphatic hydroxyl groups is 1. The fourth-order valence-corrected chi connectivity index (χ4v) is 3.93. The summed E-state index contributed by atoms with van der Waals surface area (Å²) in [5, 5.41) is 10.4. The second-order valence-electron chi connectivity index (χ2n) is 7.16. The van der Waals surface area contributed by atoms with Crippen LogP contribution in [-0.2, 0) is 21.6 Å². The lowest BCUT2D eigenvalue weighted by Crippen LogP contribution is -2.50. The zero-order chi connectivity index (χ0) is 19.0. The molecule has 1 aromatic carbocycles. The summed E-state index contributed by atoms with van der Waals surface area (Å²) in [4.78, 5) is 23.2. The van der Waals surface area contributed by atoms with Crippen molar-refractivity contribution in [3.8, 4) is 0 Å². The van der Waals surface area contributed by atoms with E-state index in [9.17, 15) is 14.3 Å². The number of amides is 1. The van der Waals surface area contributed by atoms with Crippen molar-refractivity contribution in [3.63, 3.8) is 0 Å². The number of hydrogen-bond acceptors (Lipinski definition) is 5. The monoisotopic (exact) mass is 371 g/mol. The second kappa shape index (κ2) is 6.98. The maximum Gasteiger partial charge on any atom is 0.256 e. The summed E-state index contributed by atoms with van der Waals surface area (Å²) in [5.41, 5.74) is 1.95. The van der Waals surface area contributed by atoms with Crippen LogP contribution in [0.4, 0.5) is 4.39 Å². The Morgan fingerprint density at radius 1 is 1.30 bits per heavy atom. The van der Waals surface area contributed by atoms with Crippen molar-refractivity contribution in [1.29, 1.82) is 0 Å². The minimum atomic E-state index is -1.29. The number of halogens is 1. The summed E-state index contributed by atoms with van der Waals surface area (Å²) in [5.74, 6) is -0.0565. The first-order valence-corrected chi connectivity index (χ1v) is 9.18. The smallest absolute Gasteiger partial charge is 0.256 e. The molecule has 1 spiro atoms. The van der Waals surface area contributed by atoms with Crippen molar-refractivity contribution in [2.45, 2.75) is 37.9 Å². The van der Waals surface area contributed by atoms with Gasteiger partial charge in [-0.05, 0) is 49.4 Å². The van der Waals surface area contributed by atoms with Gasteiger partial charge in [0.2, 0.25) is 0 Å². The first-order chi connectivity index (χ1) is 13.0. The highest BCUT2D eigenvalue weighted by atomic mass is 19.1. The van der Waals surface area contributed by atoms with Crippen LogP contribution >= 0.6 is 0 Å². The number of hydrogen-bond donors (Lipinski definition) is 1. The van der Waals surface area contributed by atoms with E-state index in [1.165, 1.54) is 24.3 Å². The Balaban J connectivity index is 1.49. The number of nitrogens with zero attached hydrogens (tertiary/aromatic N) is 3. The fraction of sp³-hybridized carbons (Fsp3) is 0.450. The summed E-state index contributed by atoms with van der Waals surface area (Å²) in [6, 6.07) is 5.35. The highest BCUT2D eigenvalue weighted by molar-refractivity contribution is 5.82. The molecule has 0 bridgehead atoms. The third-order valence-corrected chi connectivity index (χ3v) is 5.47. The second-order valence-corrected chi connectivity index (χ2v) is 7.16. The summed E-state index contributed by atoms with van der Waals surface area (Å²) < 4.78 is 19.2. The van der Waals surface area contributed by atoms with Gasteiger partial charge in [-0.3, -0.25) is 4.79 Å². The standard InChI is InChI=1S/C20H22FN3O3/c1-13-22-12-15-6-11-27-20(18(15)23-13)7-9-24(10-8-20)19(26)17(25)14-2-4-16(21)5-3-14/h2-5,12,17,25H,6-11H2,1H3. The van der Waals surface area contributed by atoms with Gasteiger partial charge >= 0.3 is 0 Å². The van der Waals surface area contributed by atoms with E-state index in [0.717, 1.165) is 17.7 Å². The van der Waals surface area contributed by atoms with E-state index in [4.69, 9.17) is 4.74 Å². The van der Waals surface area contributed by atoms with Crippen LogP contribution < -0.4 is 0 Å². The molecule has 1 saturated heterocycles. The lowest BCUT2D eigenvalue weighted by molar-refractivity contribution is -0.149. The van der Waals surface area contributed by atoms with Crippen LogP contribution in [0.1, 0.15) is 41.6 Å². The molecule has 2 aliphatic heterocycles. The first-order valence-electron chi connectivity index (χ1n) is 9.18. The molecule has 7 heteroatoms. The number of piperidine rings is 1. The maximum atomic E-state index is 13.1. The molecule has 3 heterocycles. The van der Waals surface area contributed by atoms with Crippen LogP contribution in [0.3, 0.4) is 0 Å². The fourth-order valence-electron chi connectivity index (χ4n) is 3.93. The normalized spacial score (nSPS) is 19.6. The van der Waals surface area contributed by atoms with Gasteiger partial charge in [0.15, 0.2) is 6.10 Å². The van der Waals surface area contributed by atoms with Gasteiger partial charge < -0.3 is 14.7 Å². The van der Waals surface area contributed by atoms with Gasteiger partial charge in [0, 0.05) is 19.3 Å². The highest BCUT2D eigenvalue weighted by Crippen LogP contribution is 2.40. The first kappa shape index (κ1) is 18.0. The number of aromatic nitrogens is 2. The zero-order valence-corrected chi connectivity index (χ0v) is 15.2. The van der Waals surface area contributed by atoms with Crippen molar-refractivity contribution >= 4 is 5.91 Å². The minimum absolute atomic E-state index is 0.369. The number of rotatable bonds is 2. The summed E-state index contributed by atoms with van der Waals surface area (Å²) in [7, 11) is 0. The topological polar surface area (TPSA) is 75.6 Å². The van der Waals surface area contributed by atoms with Gasteiger partial charge in [-0.2, -0.15) is 0 Å². The number of aryl methyl sites for hydroxylation is 1. The molecular weight excluding hydrogens is 349 g/mol. The van der Waals surface area contributed by atoms with Gasteiger partial charge in [0.25, 0.3) is 5.91 Å². The SMILES string of the molecule is Cc1ncc2c(n1)C1(CCN(C(=O)C(O)c3ccc(F)cc3)CC1)OCC2. The largest absolute Gasteiger partial charge is 0.378 e. The molecule has 4 rings (SSSR count). The predicted molar refractivity (Wildman–Crippen MR) is 95.3 cm³/mol. The quantitative estimate of drug-likeness (QED) is 0.874. The third-order valence-electron chi connectivity index (χ3n) is 5.47. The predicted octanol–water partition coefficient (Wildman–Crippen LogP) is 2.05. The molecule has 1 amide bonds. The van der Waals surface area contributed by atoms with Crippen molar-refractivity contribution < 1.29 is 19.0 Å². The van der Waals surface area contributed by atoms with E-state index in [1.807, 2.05) is 13.1 Å². The number of carbonyl (C=O) groups is 1. The maximum absolute atomic E-state index is 13.1. The molecule has 1 unspecified atom stereocenters. The van der Waals surface area contributed by atoms with E-state index in [1.54, 1.807) is 4.90 Å². The Kier molecular flexibility index (Phi) is 4.65. The zero-order valence-electron chi connectivity index (χ0n) is 15.2. The van der Waals surface area contributed by atoms with Crippen LogP contribution in [0.2, 0.25) is 0 Å². The average molecular weight is 371 g/mol. The molecule has 0 aliphatic carbocycles. The van der Waals surface area contributed by atoms with E-state index in [0.29, 0.717) is 43.9 Å². The number of fused-ring (bicyclic) bond motifs is 2. The van der Waals surface area contributed by atoms with Gasteiger partial charge in [0.05, 0.1) is 12.3 Å². The number of carbonyl (C=O) groups excluding carboxylic acids is 1. The number of aliphatic hydroxyl groups excluding tert-OH is 1. The third kappa shape index (κ3) is 3.33. The van der Waals surface area contributed by atoms with Crippen LogP contribution in [0.15, 0.2) is 30.5 Å². The van der Waals surface area contributed by atoms with E-state index >= 15 is 0 Å². The molecule has 2 aromatic rings. The summed E-state index contributed by atoms with van der Waals surface area (Å²) in [6.45, 7) is 3.42. The van der Waals surface area contributed by atoms with Crippen molar-refractivity contribution in [1.82, 2.24) is 14.9 Å². The lowest BCUT2D eigenvalue weighted by Gasteiger charge is -2.44. The molecule has 2 aliphatic rings. The van der Waals surface area contributed by atoms with Gasteiger partial charge in [-0.1, -0.05) is 12.1 Å². The molecule has 1 fully saturated rings. The molecular formula is C20H22FN3O3. The average Bonchev–Trinajstić information content (AvgIpc) is 2.69. The van der Waals surface area contributed by atoms with Gasteiger partial charge in [-0.15, -0.1) is 0 Å². The van der Waals surface area contributed by atoms with Crippen LogP contribution in [-0.4, -0.2) is 45.6 Å². The number of ether oxygens (including phenoxy) is 1. The summed E-state index contributed by atoms with van der Waals surface area (Å²) in [6.07, 6.45) is 2.63. The van der Waals surface area contributed by atoms with Gasteiger partial charge in [-0.25, -0.2) is 14.4 Å². The van der Waals surface area contributed by atoms with E-state index in [-0.39, 0.29) is 5.91 Å². The molecule has 0 radical (unpaired) electrons. The van der Waals surface area contributed by atoms with E-state index < -0.39 is 17.5 Å². The van der Waals surface area contributed by atoms with E-state index in [2.05, 4.69) is 9.97 Å². The van der Waals surface area contributed by atoms with Crippen LogP contribution in [0, 0.1) is 12.7 Å². The van der Waals surface area contributed by atoms with Crippen molar-refractivity contribution in [2.24, 2.45) is 0 Å². The van der Waals surface area contributed by atoms with Gasteiger partial charge in [0.1, 0.15) is 17.2 Å². The Bertz CT molecular complexity index is 848. The minimum Gasteiger partial charge on any atom is -0.378 e. The molecule has 27 heavy (non-hydrogen) atoms. The highest BCUT2D eigenvalue weighted by Gasteiger charge is 2.43. The van der Waals surface area contributed by atoms with Crippen molar-refractivity contribution in [2.75, 3.05) is 19.7 Å². The molecule has 1 atom stereocenters. The molecule has 1 aromatic heterocycles. The molecule has 0 saturated carbocycles. The lowest BCUT2D eigenvalue weighted by atomic mass is 9.83. The molecule has 142 valence electrons. The molecule has 6 nitrogen and oxygen atoms in total. The Morgan fingerprint density at radius 2 is 2.00 bits per heavy atom. The van der Waals surface area contributed by atoms with Crippen LogP contribution in [0.5, 0.6) is 0 Å². The molecule has 1 N–H and O–H groups in total. The van der Waals surface area contributed by atoms with Crippen LogP contribution in [0.25, 0.3) is 0 Å². The summed E-state index contributed by atoms with van der Waals surface area (Å²) >= 11 is 0. The Morgan fingerprint density at radius 3 is 2.70 bits per heavy atom. The number of benzene rings is 1.